The topological polar surface area (TPSA) is 92.5 Å². The molecule has 108 valence electrons. The molecule has 0 spiro atoms. The fourth-order valence-electron chi connectivity index (χ4n) is 2.64. The van der Waals surface area contributed by atoms with E-state index in [9.17, 15) is 14.4 Å². The fourth-order valence-corrected chi connectivity index (χ4v) is 2.64. The van der Waals surface area contributed by atoms with Crippen LogP contribution in [0.3, 0.4) is 0 Å². The normalized spacial score (nSPS) is 22.3. The minimum Gasteiger partial charge on any atom is -0.351 e. The van der Waals surface area contributed by atoms with Crippen LogP contribution in [0.25, 0.3) is 0 Å². The van der Waals surface area contributed by atoms with E-state index < -0.39 is 18.0 Å². The first kappa shape index (κ1) is 15.6. The van der Waals surface area contributed by atoms with E-state index in [-0.39, 0.29) is 11.8 Å². The van der Waals surface area contributed by atoms with Gasteiger partial charge in [-0.05, 0) is 33.2 Å². The van der Waals surface area contributed by atoms with E-state index in [0.717, 1.165) is 32.2 Å². The Morgan fingerprint density at radius 1 is 1.32 bits per heavy atom. The van der Waals surface area contributed by atoms with Crippen LogP contribution in [0.2, 0.25) is 0 Å². The second-order valence-electron chi connectivity index (χ2n) is 5.18. The van der Waals surface area contributed by atoms with E-state index in [0.29, 0.717) is 6.42 Å². The van der Waals surface area contributed by atoms with Crippen molar-refractivity contribution in [2.45, 2.75) is 58.0 Å². The van der Waals surface area contributed by atoms with Crippen LogP contribution >= 0.6 is 0 Å². The molecule has 0 aromatic heterocycles. The number of nitrogens with two attached hydrogens (primary N) is 1. The summed E-state index contributed by atoms with van der Waals surface area (Å²) in [5, 5.41) is 2.11. The summed E-state index contributed by atoms with van der Waals surface area (Å²) in [6, 6.07) is -1.21. The second-order valence-corrected chi connectivity index (χ2v) is 5.18. The lowest BCUT2D eigenvalue weighted by molar-refractivity contribution is -0.127. The van der Waals surface area contributed by atoms with Gasteiger partial charge in [-0.3, -0.25) is 19.8 Å². The highest BCUT2D eigenvalue weighted by molar-refractivity contribution is 5.96. The summed E-state index contributed by atoms with van der Waals surface area (Å²) in [5.74, 6) is -0.276. The number of hydrogen-bond acceptors (Lipinski definition) is 4. The minimum absolute atomic E-state index is 0.0774. The molecule has 3 amide bonds. The summed E-state index contributed by atoms with van der Waals surface area (Å²) >= 11 is 0. The van der Waals surface area contributed by atoms with Crippen molar-refractivity contribution in [3.05, 3.63) is 0 Å². The van der Waals surface area contributed by atoms with E-state index in [1.54, 1.807) is 13.8 Å². The van der Waals surface area contributed by atoms with Crippen molar-refractivity contribution in [1.82, 2.24) is 10.2 Å². The molecule has 1 aliphatic heterocycles. The number of imide groups is 1. The molecule has 0 bridgehead atoms. The molecular formula is C13H23N3O3. The summed E-state index contributed by atoms with van der Waals surface area (Å²) in [6.07, 6.45) is 4.54. The molecule has 2 atom stereocenters. The van der Waals surface area contributed by atoms with Crippen LogP contribution < -0.4 is 11.1 Å². The highest BCUT2D eigenvalue weighted by atomic mass is 16.2. The predicted molar refractivity (Wildman–Crippen MR) is 71.4 cm³/mol. The van der Waals surface area contributed by atoms with Crippen LogP contribution in [0.4, 0.5) is 4.79 Å². The van der Waals surface area contributed by atoms with E-state index in [4.69, 9.17) is 5.73 Å². The lowest BCUT2D eigenvalue weighted by atomic mass is 10.0. The summed E-state index contributed by atoms with van der Waals surface area (Å²) < 4.78 is 0. The number of urea groups is 1. The van der Waals surface area contributed by atoms with Gasteiger partial charge in [0.2, 0.25) is 5.91 Å². The van der Waals surface area contributed by atoms with Gasteiger partial charge in [0.05, 0.1) is 6.04 Å². The van der Waals surface area contributed by atoms with E-state index >= 15 is 0 Å². The monoisotopic (exact) mass is 269 g/mol. The van der Waals surface area contributed by atoms with Crippen LogP contribution in [-0.2, 0) is 9.59 Å². The number of amides is 3. The molecule has 0 aromatic carbocycles. The molecular weight excluding hydrogens is 246 g/mol. The Balaban J connectivity index is 2.75. The van der Waals surface area contributed by atoms with Crippen molar-refractivity contribution in [2.75, 3.05) is 6.54 Å². The standard InChI is InChI=1S/C13H23N3O3/c1-9(17)8-11-6-4-3-5-7-16(11)10(2)12(18)15-13(14)19/h10-11H,3-8H2,1-2H3,(H3,14,15,18,19). The number of Topliss-reactive ketones (excluding diaryl/α,β-unsaturated/α-hetero) is 1. The fraction of sp³-hybridized carbons (Fsp3) is 0.769. The second kappa shape index (κ2) is 7.23. The Kier molecular flexibility index (Phi) is 5.95. The summed E-state index contributed by atoms with van der Waals surface area (Å²) in [6.45, 7) is 4.08. The van der Waals surface area contributed by atoms with Gasteiger partial charge in [0, 0.05) is 12.5 Å². The maximum Gasteiger partial charge on any atom is 0.318 e. The predicted octanol–water partition coefficient (Wildman–Crippen LogP) is 0.794. The van der Waals surface area contributed by atoms with Gasteiger partial charge < -0.3 is 5.73 Å². The van der Waals surface area contributed by atoms with Crippen LogP contribution in [-0.4, -0.2) is 41.2 Å². The lowest BCUT2D eigenvalue weighted by Crippen LogP contribution is -2.52. The number of primary amides is 1. The largest absolute Gasteiger partial charge is 0.351 e. The summed E-state index contributed by atoms with van der Waals surface area (Å²) in [5.41, 5.74) is 4.96. The van der Waals surface area contributed by atoms with Gasteiger partial charge in [-0.1, -0.05) is 12.8 Å². The van der Waals surface area contributed by atoms with Crippen LogP contribution in [0.1, 0.15) is 46.0 Å². The zero-order chi connectivity index (χ0) is 14.4. The number of nitrogens with one attached hydrogen (secondary N) is 1. The lowest BCUT2D eigenvalue weighted by Gasteiger charge is -2.33. The molecule has 6 heteroatoms. The molecule has 0 aromatic rings. The van der Waals surface area contributed by atoms with Crippen molar-refractivity contribution < 1.29 is 14.4 Å². The maximum atomic E-state index is 11.9. The first-order valence-corrected chi connectivity index (χ1v) is 6.77. The van der Waals surface area contributed by atoms with Crippen molar-refractivity contribution in [3.63, 3.8) is 0 Å². The Morgan fingerprint density at radius 2 is 2.00 bits per heavy atom. The quantitative estimate of drug-likeness (QED) is 0.789. The van der Waals surface area contributed by atoms with Gasteiger partial charge in [0.25, 0.3) is 0 Å². The number of rotatable bonds is 4. The van der Waals surface area contributed by atoms with Gasteiger partial charge in [-0.25, -0.2) is 4.79 Å². The molecule has 0 radical (unpaired) electrons. The minimum atomic E-state index is -0.838. The molecule has 1 rings (SSSR count). The van der Waals surface area contributed by atoms with Crippen LogP contribution in [0, 0.1) is 0 Å². The van der Waals surface area contributed by atoms with Crippen molar-refractivity contribution >= 4 is 17.7 Å². The molecule has 1 fully saturated rings. The molecule has 0 aliphatic carbocycles. The number of nitrogens with zero attached hydrogens (tertiary/aromatic N) is 1. The Morgan fingerprint density at radius 3 is 2.58 bits per heavy atom. The van der Waals surface area contributed by atoms with E-state index in [1.807, 2.05) is 4.90 Å². The van der Waals surface area contributed by atoms with Crippen molar-refractivity contribution in [3.8, 4) is 0 Å². The van der Waals surface area contributed by atoms with Gasteiger partial charge in [0.15, 0.2) is 0 Å². The Labute approximate surface area is 113 Å². The average molecular weight is 269 g/mol. The molecule has 1 heterocycles. The SMILES string of the molecule is CC(=O)CC1CCCCCN1C(C)C(=O)NC(N)=O. The first-order valence-electron chi connectivity index (χ1n) is 6.77. The number of ketones is 1. The van der Waals surface area contributed by atoms with Crippen molar-refractivity contribution in [2.24, 2.45) is 5.73 Å². The third-order valence-corrected chi connectivity index (χ3v) is 3.57. The molecule has 3 N–H and O–H groups in total. The summed E-state index contributed by atoms with van der Waals surface area (Å²) in [7, 11) is 0. The van der Waals surface area contributed by atoms with Gasteiger partial charge >= 0.3 is 6.03 Å². The summed E-state index contributed by atoms with van der Waals surface area (Å²) in [4.78, 5) is 36.0. The zero-order valence-electron chi connectivity index (χ0n) is 11.6. The van der Waals surface area contributed by atoms with E-state index in [1.165, 1.54) is 0 Å². The Bertz CT molecular complexity index is 357. The van der Waals surface area contributed by atoms with Gasteiger partial charge in [-0.2, -0.15) is 0 Å². The highest BCUT2D eigenvalue weighted by Crippen LogP contribution is 2.21. The smallest absolute Gasteiger partial charge is 0.318 e. The molecule has 2 unspecified atom stereocenters. The molecule has 6 nitrogen and oxygen atoms in total. The zero-order valence-corrected chi connectivity index (χ0v) is 11.6. The first-order chi connectivity index (χ1) is 8.91. The van der Waals surface area contributed by atoms with Crippen molar-refractivity contribution in [1.29, 1.82) is 0 Å². The maximum absolute atomic E-state index is 11.9. The van der Waals surface area contributed by atoms with Crippen LogP contribution in [0.5, 0.6) is 0 Å². The number of carbonyl (C=O) groups is 3. The molecule has 0 saturated carbocycles. The van der Waals surface area contributed by atoms with Crippen LogP contribution in [0.15, 0.2) is 0 Å². The molecule has 1 saturated heterocycles. The number of likely N-dealkylation sites (tertiary alicyclic amines) is 1. The highest BCUT2D eigenvalue weighted by Gasteiger charge is 2.30. The number of hydrogen-bond donors (Lipinski definition) is 2. The third kappa shape index (κ3) is 4.98. The average Bonchev–Trinajstić information content (AvgIpc) is 2.52. The van der Waals surface area contributed by atoms with E-state index in [2.05, 4.69) is 5.32 Å². The van der Waals surface area contributed by atoms with Gasteiger partial charge in [-0.15, -0.1) is 0 Å². The number of carbonyl (C=O) groups excluding carboxylic acids is 3. The molecule has 1 aliphatic rings. The van der Waals surface area contributed by atoms with Gasteiger partial charge in [0.1, 0.15) is 5.78 Å². The third-order valence-electron chi connectivity index (χ3n) is 3.57. The Hall–Kier alpha value is -1.43. The molecule has 19 heavy (non-hydrogen) atoms.